The quantitative estimate of drug-likeness (QED) is 0.396. The molecule has 1 atom stereocenters. The fourth-order valence-electron chi connectivity index (χ4n) is 3.57. The zero-order valence-electron chi connectivity index (χ0n) is 19.8. The van der Waals surface area contributed by atoms with Gasteiger partial charge in [0, 0.05) is 21.9 Å². The summed E-state index contributed by atoms with van der Waals surface area (Å²) in [5.41, 5.74) is 4.65. The van der Waals surface area contributed by atoms with Gasteiger partial charge in [0.2, 0.25) is 6.41 Å². The standard InChI is InChI=1S/C15H16S.C13H17NO3/c1-12-7-3-4-9-14(12)13-8-5-6-10-15(2,16)11-13;1-13(2)5-6-16-12-7-10(14-9-15)3-4-11(12)17-8-13/h3-11,16H,1-2H3;3-4,7,9H,5-6,8H2,1-2H3,(H,14,15). The molecule has 0 aromatic heterocycles. The molecule has 0 spiro atoms. The van der Waals surface area contributed by atoms with E-state index in [0.717, 1.165) is 12.2 Å². The molecular formula is C28H33NO3S. The van der Waals surface area contributed by atoms with E-state index < -0.39 is 0 Å². The molecule has 1 unspecified atom stereocenters. The number of allylic oxidation sites excluding steroid dienone is 4. The number of carbonyl (C=O) groups is 1. The second kappa shape index (κ2) is 10.8. The van der Waals surface area contributed by atoms with Crippen LogP contribution in [0.3, 0.4) is 0 Å². The molecule has 0 radical (unpaired) electrons. The number of amides is 1. The molecule has 1 aliphatic carbocycles. The van der Waals surface area contributed by atoms with Crippen LogP contribution in [0.5, 0.6) is 11.5 Å². The van der Waals surface area contributed by atoms with Crippen LogP contribution in [0.4, 0.5) is 5.69 Å². The summed E-state index contributed by atoms with van der Waals surface area (Å²) in [5, 5.41) is 2.59. The van der Waals surface area contributed by atoms with Crippen LogP contribution in [0.15, 0.2) is 72.8 Å². The molecule has 0 saturated carbocycles. The molecule has 5 heteroatoms. The Morgan fingerprint density at radius 2 is 1.82 bits per heavy atom. The van der Waals surface area contributed by atoms with Crippen molar-refractivity contribution in [2.24, 2.45) is 5.41 Å². The topological polar surface area (TPSA) is 47.6 Å². The second-order valence-corrected chi connectivity index (χ2v) is 10.3. The molecule has 33 heavy (non-hydrogen) atoms. The van der Waals surface area contributed by atoms with Gasteiger partial charge in [-0.05, 0) is 49.1 Å². The van der Waals surface area contributed by atoms with E-state index in [-0.39, 0.29) is 10.2 Å². The fraction of sp³-hybridized carbons (Fsp3) is 0.321. The maximum atomic E-state index is 10.4. The Balaban J connectivity index is 0.000000186. The summed E-state index contributed by atoms with van der Waals surface area (Å²) in [6.07, 6.45) is 12.1. The van der Waals surface area contributed by atoms with Gasteiger partial charge >= 0.3 is 0 Å². The summed E-state index contributed by atoms with van der Waals surface area (Å²) in [5.74, 6) is 1.42. The predicted molar refractivity (Wildman–Crippen MR) is 140 cm³/mol. The third-order valence-corrected chi connectivity index (χ3v) is 5.83. The van der Waals surface area contributed by atoms with Gasteiger partial charge in [0.25, 0.3) is 0 Å². The van der Waals surface area contributed by atoms with Crippen molar-refractivity contribution in [2.75, 3.05) is 18.5 Å². The lowest BCUT2D eigenvalue weighted by Crippen LogP contribution is -2.26. The number of nitrogens with one attached hydrogen (secondary N) is 1. The van der Waals surface area contributed by atoms with Crippen LogP contribution in [0.2, 0.25) is 0 Å². The zero-order chi connectivity index (χ0) is 23.9. The van der Waals surface area contributed by atoms with Crippen LogP contribution in [0.1, 0.15) is 38.3 Å². The molecular weight excluding hydrogens is 430 g/mol. The summed E-state index contributed by atoms with van der Waals surface area (Å²) >= 11 is 4.63. The number of thiol groups is 1. The molecule has 2 aromatic rings. The van der Waals surface area contributed by atoms with Gasteiger partial charge in [-0.25, -0.2) is 0 Å². The molecule has 1 heterocycles. The van der Waals surface area contributed by atoms with Crippen LogP contribution in [0.25, 0.3) is 5.57 Å². The number of benzene rings is 2. The smallest absolute Gasteiger partial charge is 0.211 e. The lowest BCUT2D eigenvalue weighted by Gasteiger charge is -2.28. The van der Waals surface area contributed by atoms with E-state index in [0.29, 0.717) is 31.1 Å². The molecule has 4 nitrogen and oxygen atoms in total. The Morgan fingerprint density at radius 1 is 1.03 bits per heavy atom. The Bertz CT molecular complexity index is 1070. The summed E-state index contributed by atoms with van der Waals surface area (Å²) in [7, 11) is 0. The van der Waals surface area contributed by atoms with E-state index >= 15 is 0 Å². The van der Waals surface area contributed by atoms with Crippen LogP contribution >= 0.6 is 12.6 Å². The van der Waals surface area contributed by atoms with Crippen molar-refractivity contribution < 1.29 is 14.3 Å². The SMILES string of the molecule is CC1(C)CCOc2cc(NC=O)ccc2OC1.Cc1ccccc1C1=CC(C)(S)C=CC=C1. The van der Waals surface area contributed by atoms with E-state index in [1.807, 2.05) is 6.07 Å². The molecule has 2 aromatic carbocycles. The Kier molecular flexibility index (Phi) is 8.09. The van der Waals surface area contributed by atoms with Crippen LogP contribution in [-0.2, 0) is 4.79 Å². The number of fused-ring (bicyclic) bond motifs is 1. The predicted octanol–water partition coefficient (Wildman–Crippen LogP) is 6.64. The van der Waals surface area contributed by atoms with Crippen molar-refractivity contribution in [1.29, 1.82) is 0 Å². The van der Waals surface area contributed by atoms with Crippen molar-refractivity contribution in [1.82, 2.24) is 0 Å². The van der Waals surface area contributed by atoms with Crippen molar-refractivity contribution in [2.45, 2.75) is 38.9 Å². The number of anilines is 1. The van der Waals surface area contributed by atoms with Gasteiger partial charge in [0.1, 0.15) is 0 Å². The van der Waals surface area contributed by atoms with Crippen LogP contribution in [0, 0.1) is 12.3 Å². The number of rotatable bonds is 3. The molecule has 174 valence electrons. The van der Waals surface area contributed by atoms with E-state index in [9.17, 15) is 4.79 Å². The van der Waals surface area contributed by atoms with E-state index in [2.05, 4.69) is 100 Å². The highest BCUT2D eigenvalue weighted by molar-refractivity contribution is 7.82. The van der Waals surface area contributed by atoms with E-state index in [1.165, 1.54) is 16.7 Å². The largest absolute Gasteiger partial charge is 0.490 e. The first-order valence-corrected chi connectivity index (χ1v) is 11.6. The van der Waals surface area contributed by atoms with Gasteiger partial charge in [0.15, 0.2) is 11.5 Å². The zero-order valence-corrected chi connectivity index (χ0v) is 20.7. The number of aryl methyl sites for hydroxylation is 1. The minimum absolute atomic E-state index is 0.122. The lowest BCUT2D eigenvalue weighted by atomic mass is 9.91. The monoisotopic (exact) mass is 463 g/mol. The van der Waals surface area contributed by atoms with Crippen molar-refractivity contribution in [3.05, 3.63) is 84.0 Å². The maximum Gasteiger partial charge on any atom is 0.211 e. The third-order valence-electron chi connectivity index (χ3n) is 5.55. The fourth-order valence-corrected chi connectivity index (χ4v) is 3.79. The number of hydrogen-bond donors (Lipinski definition) is 2. The van der Waals surface area contributed by atoms with Crippen molar-refractivity contribution in [3.63, 3.8) is 0 Å². The Hall–Kier alpha value is -2.92. The molecule has 1 amide bonds. The van der Waals surface area contributed by atoms with Crippen molar-refractivity contribution in [3.8, 4) is 11.5 Å². The first-order chi connectivity index (χ1) is 15.7. The first kappa shape index (κ1) is 24.7. The maximum absolute atomic E-state index is 10.4. The Morgan fingerprint density at radius 3 is 2.58 bits per heavy atom. The number of hydrogen-bond acceptors (Lipinski definition) is 4. The average molecular weight is 464 g/mol. The lowest BCUT2D eigenvalue weighted by molar-refractivity contribution is -0.105. The Labute approximate surface area is 202 Å². The van der Waals surface area contributed by atoms with Gasteiger partial charge in [0.05, 0.1) is 13.2 Å². The van der Waals surface area contributed by atoms with E-state index in [1.54, 1.807) is 12.1 Å². The molecule has 1 N–H and O–H groups in total. The normalized spacial score (nSPS) is 20.8. The van der Waals surface area contributed by atoms with E-state index in [4.69, 9.17) is 9.47 Å². The number of ether oxygens (including phenoxy) is 2. The van der Waals surface area contributed by atoms with Gasteiger partial charge in [-0.1, -0.05) is 68.5 Å². The summed E-state index contributed by atoms with van der Waals surface area (Å²) in [6.45, 7) is 9.88. The van der Waals surface area contributed by atoms with Gasteiger partial charge in [-0.15, -0.1) is 0 Å². The highest BCUT2D eigenvalue weighted by Gasteiger charge is 2.23. The van der Waals surface area contributed by atoms with Crippen LogP contribution < -0.4 is 14.8 Å². The highest BCUT2D eigenvalue weighted by atomic mass is 32.1. The summed E-state index contributed by atoms with van der Waals surface area (Å²) < 4.78 is 11.2. The van der Waals surface area contributed by atoms with Crippen LogP contribution in [-0.4, -0.2) is 24.4 Å². The minimum Gasteiger partial charge on any atom is -0.490 e. The summed E-state index contributed by atoms with van der Waals surface area (Å²) in [4.78, 5) is 10.4. The third kappa shape index (κ3) is 7.29. The molecule has 0 fully saturated rings. The first-order valence-electron chi connectivity index (χ1n) is 11.2. The van der Waals surface area contributed by atoms with Gasteiger partial charge in [-0.3, -0.25) is 4.79 Å². The molecule has 1 aliphatic heterocycles. The van der Waals surface area contributed by atoms with Crippen molar-refractivity contribution >= 4 is 30.3 Å². The molecule has 0 saturated heterocycles. The summed E-state index contributed by atoms with van der Waals surface area (Å²) in [6, 6.07) is 13.8. The van der Waals surface area contributed by atoms with Gasteiger partial charge < -0.3 is 14.8 Å². The average Bonchev–Trinajstić information content (AvgIpc) is 2.93. The second-order valence-electron chi connectivity index (χ2n) is 9.33. The molecule has 0 bridgehead atoms. The van der Waals surface area contributed by atoms with Gasteiger partial charge in [-0.2, -0.15) is 12.6 Å². The highest BCUT2D eigenvalue weighted by Crippen LogP contribution is 2.35. The number of carbonyl (C=O) groups excluding carboxylic acids is 1. The minimum atomic E-state index is -0.179. The molecule has 4 rings (SSSR count). The molecule has 2 aliphatic rings.